The second-order valence-electron chi connectivity index (χ2n) is 4.80. The Balaban J connectivity index is 2.21. The summed E-state index contributed by atoms with van der Waals surface area (Å²) in [5.74, 6) is 1.62. The van der Waals surface area contributed by atoms with Crippen LogP contribution in [-0.4, -0.2) is 6.61 Å². The molecule has 2 heteroatoms. The molecule has 0 saturated heterocycles. The zero-order valence-electron chi connectivity index (χ0n) is 10.7. The van der Waals surface area contributed by atoms with Crippen LogP contribution in [0.2, 0.25) is 0 Å². The Bertz CT molecular complexity index is 371. The molecule has 0 aliphatic carbocycles. The molecule has 0 aromatic heterocycles. The van der Waals surface area contributed by atoms with E-state index in [1.165, 1.54) is 11.1 Å². The van der Waals surface area contributed by atoms with Gasteiger partial charge in [0.05, 0.1) is 12.0 Å². The molecule has 0 saturated carbocycles. The van der Waals surface area contributed by atoms with Crippen LogP contribution in [0.3, 0.4) is 0 Å². The van der Waals surface area contributed by atoms with Crippen molar-refractivity contribution in [3.63, 3.8) is 0 Å². The molecule has 0 fully saturated rings. The molecular weight excluding hydrogens is 232 g/mol. The minimum absolute atomic E-state index is 0.136. The third-order valence-electron chi connectivity index (χ3n) is 3.71. The van der Waals surface area contributed by atoms with E-state index in [1.54, 1.807) is 0 Å². The van der Waals surface area contributed by atoms with E-state index in [4.69, 9.17) is 16.3 Å². The molecule has 1 aromatic carbocycles. The van der Waals surface area contributed by atoms with Crippen molar-refractivity contribution >= 4 is 11.6 Å². The van der Waals surface area contributed by atoms with Crippen LogP contribution in [0, 0.1) is 5.92 Å². The molecule has 0 radical (unpaired) electrons. The predicted octanol–water partition coefficient (Wildman–Crippen LogP) is 4.73. The Kier molecular flexibility index (Phi) is 4.33. The highest BCUT2D eigenvalue weighted by Gasteiger charge is 2.19. The average molecular weight is 253 g/mol. The molecule has 0 bridgehead atoms. The highest BCUT2D eigenvalue weighted by atomic mass is 35.5. The number of hydrogen-bond acceptors (Lipinski definition) is 1. The summed E-state index contributed by atoms with van der Waals surface area (Å²) in [6.07, 6.45) is 4.51. The van der Waals surface area contributed by atoms with Gasteiger partial charge in [0.15, 0.2) is 0 Å². The molecule has 1 atom stereocenters. The first-order chi connectivity index (χ1) is 8.26. The van der Waals surface area contributed by atoms with Crippen molar-refractivity contribution in [1.82, 2.24) is 0 Å². The predicted molar refractivity (Wildman–Crippen MR) is 72.9 cm³/mol. The molecule has 1 aliphatic rings. The van der Waals surface area contributed by atoms with Gasteiger partial charge in [-0.05, 0) is 36.0 Å². The van der Waals surface area contributed by atoms with Crippen LogP contribution < -0.4 is 4.74 Å². The molecule has 0 amide bonds. The van der Waals surface area contributed by atoms with Gasteiger partial charge in [-0.15, -0.1) is 11.6 Å². The van der Waals surface area contributed by atoms with Crippen molar-refractivity contribution in [3.05, 3.63) is 29.3 Å². The lowest BCUT2D eigenvalue weighted by Crippen LogP contribution is -2.10. The van der Waals surface area contributed by atoms with Crippen LogP contribution in [0.4, 0.5) is 0 Å². The Hall–Kier alpha value is -0.690. The third-order valence-corrected chi connectivity index (χ3v) is 4.32. The van der Waals surface area contributed by atoms with E-state index in [9.17, 15) is 0 Å². The van der Waals surface area contributed by atoms with Crippen molar-refractivity contribution < 1.29 is 4.74 Å². The van der Waals surface area contributed by atoms with E-state index >= 15 is 0 Å². The number of aryl methyl sites for hydroxylation is 1. The standard InChI is InChI=1S/C15H21ClO/c1-3-11(4-2)15(16)13-7-8-14-12(10-13)6-5-9-17-14/h7-8,10-11,15H,3-6,9H2,1-2H3. The molecule has 0 N–H and O–H groups in total. The number of halogens is 1. The number of ether oxygens (including phenoxy) is 1. The quantitative estimate of drug-likeness (QED) is 0.704. The number of hydrogen-bond donors (Lipinski definition) is 0. The molecule has 94 valence electrons. The largest absolute Gasteiger partial charge is 0.493 e. The van der Waals surface area contributed by atoms with Crippen LogP contribution in [0.25, 0.3) is 0 Å². The molecule has 0 spiro atoms. The van der Waals surface area contributed by atoms with Gasteiger partial charge in [0, 0.05) is 0 Å². The zero-order valence-corrected chi connectivity index (χ0v) is 11.5. The molecule has 1 nitrogen and oxygen atoms in total. The first kappa shape index (κ1) is 12.8. The second kappa shape index (κ2) is 5.77. The number of fused-ring (bicyclic) bond motifs is 1. The molecule has 1 aliphatic heterocycles. The molecule has 1 aromatic rings. The van der Waals surface area contributed by atoms with E-state index in [0.29, 0.717) is 5.92 Å². The summed E-state index contributed by atoms with van der Waals surface area (Å²) in [7, 11) is 0. The maximum absolute atomic E-state index is 6.57. The highest BCUT2D eigenvalue weighted by molar-refractivity contribution is 6.21. The SMILES string of the molecule is CCC(CC)C(Cl)c1ccc2c(c1)CCCO2. The van der Waals surface area contributed by atoms with Gasteiger partial charge in [0.25, 0.3) is 0 Å². The second-order valence-corrected chi connectivity index (χ2v) is 5.27. The van der Waals surface area contributed by atoms with Crippen molar-refractivity contribution in [1.29, 1.82) is 0 Å². The fourth-order valence-electron chi connectivity index (χ4n) is 2.53. The minimum Gasteiger partial charge on any atom is -0.493 e. The van der Waals surface area contributed by atoms with Gasteiger partial charge in [-0.2, -0.15) is 0 Å². The third kappa shape index (κ3) is 2.77. The fraction of sp³-hybridized carbons (Fsp3) is 0.600. The van der Waals surface area contributed by atoms with Gasteiger partial charge in [-0.1, -0.05) is 38.8 Å². The lowest BCUT2D eigenvalue weighted by Gasteiger charge is -2.23. The number of benzene rings is 1. The van der Waals surface area contributed by atoms with Crippen molar-refractivity contribution in [2.24, 2.45) is 5.92 Å². The van der Waals surface area contributed by atoms with Crippen molar-refractivity contribution in [2.75, 3.05) is 6.61 Å². The van der Waals surface area contributed by atoms with E-state index in [0.717, 1.165) is 38.0 Å². The lowest BCUT2D eigenvalue weighted by molar-refractivity contribution is 0.288. The van der Waals surface area contributed by atoms with Gasteiger partial charge in [-0.3, -0.25) is 0 Å². The zero-order chi connectivity index (χ0) is 12.3. The van der Waals surface area contributed by atoms with E-state index in [2.05, 4.69) is 32.0 Å². The summed E-state index contributed by atoms with van der Waals surface area (Å²) in [5, 5.41) is 0.136. The monoisotopic (exact) mass is 252 g/mol. The van der Waals surface area contributed by atoms with Crippen LogP contribution in [0.15, 0.2) is 18.2 Å². The first-order valence-corrected chi connectivity index (χ1v) is 7.09. The van der Waals surface area contributed by atoms with Gasteiger partial charge in [0.2, 0.25) is 0 Å². The average Bonchev–Trinajstić information content (AvgIpc) is 2.39. The van der Waals surface area contributed by atoms with Crippen molar-refractivity contribution in [2.45, 2.75) is 44.9 Å². The normalized spacial score (nSPS) is 16.5. The van der Waals surface area contributed by atoms with E-state index in [-0.39, 0.29) is 5.38 Å². The Morgan fingerprint density at radius 2 is 2.06 bits per heavy atom. The van der Waals surface area contributed by atoms with Gasteiger partial charge >= 0.3 is 0 Å². The summed E-state index contributed by atoms with van der Waals surface area (Å²) in [4.78, 5) is 0. The minimum atomic E-state index is 0.136. The summed E-state index contributed by atoms with van der Waals surface area (Å²) in [6.45, 7) is 5.28. The highest BCUT2D eigenvalue weighted by Crippen LogP contribution is 2.36. The van der Waals surface area contributed by atoms with Crippen LogP contribution in [0.5, 0.6) is 5.75 Å². The van der Waals surface area contributed by atoms with Gasteiger partial charge < -0.3 is 4.74 Å². The summed E-state index contributed by atoms with van der Waals surface area (Å²) in [5.41, 5.74) is 2.58. The van der Waals surface area contributed by atoms with Crippen molar-refractivity contribution in [3.8, 4) is 5.75 Å². The van der Waals surface area contributed by atoms with Crippen LogP contribution in [0.1, 0.15) is 49.6 Å². The Labute approximate surface area is 109 Å². The Morgan fingerprint density at radius 1 is 1.29 bits per heavy atom. The molecule has 1 heterocycles. The van der Waals surface area contributed by atoms with Crippen LogP contribution >= 0.6 is 11.6 Å². The summed E-state index contributed by atoms with van der Waals surface area (Å²) < 4.78 is 5.63. The van der Waals surface area contributed by atoms with E-state index in [1.807, 2.05) is 0 Å². The fourth-order valence-corrected chi connectivity index (χ4v) is 3.02. The number of rotatable bonds is 4. The smallest absolute Gasteiger partial charge is 0.122 e. The van der Waals surface area contributed by atoms with E-state index < -0.39 is 0 Å². The Morgan fingerprint density at radius 3 is 2.76 bits per heavy atom. The molecule has 2 rings (SSSR count). The molecule has 17 heavy (non-hydrogen) atoms. The molecular formula is C15H21ClO. The summed E-state index contributed by atoms with van der Waals surface area (Å²) in [6, 6.07) is 6.45. The maximum atomic E-state index is 6.57. The lowest BCUT2D eigenvalue weighted by atomic mass is 9.92. The maximum Gasteiger partial charge on any atom is 0.122 e. The van der Waals surface area contributed by atoms with Gasteiger partial charge in [-0.25, -0.2) is 0 Å². The van der Waals surface area contributed by atoms with Crippen LogP contribution in [-0.2, 0) is 6.42 Å². The summed E-state index contributed by atoms with van der Waals surface area (Å²) >= 11 is 6.57. The molecule has 1 unspecified atom stereocenters. The first-order valence-electron chi connectivity index (χ1n) is 6.66. The number of alkyl halides is 1. The van der Waals surface area contributed by atoms with Gasteiger partial charge in [0.1, 0.15) is 5.75 Å². The topological polar surface area (TPSA) is 9.23 Å².